The maximum absolute atomic E-state index is 12.1. The number of carbonyl (C=O) groups is 1. The molecule has 3 heterocycles. The average Bonchev–Trinajstić information content (AvgIpc) is 3.00. The number of nitrogens with zero attached hydrogens (tertiary/aromatic N) is 3. The Morgan fingerprint density at radius 3 is 2.80 bits per heavy atom. The predicted octanol–water partition coefficient (Wildman–Crippen LogP) is 2.60. The molecule has 0 aliphatic heterocycles. The molecule has 0 bridgehead atoms. The van der Waals surface area contributed by atoms with Gasteiger partial charge in [-0.25, -0.2) is 4.79 Å². The molecule has 0 unspecified atom stereocenters. The van der Waals surface area contributed by atoms with Gasteiger partial charge in [0.05, 0.1) is 17.8 Å². The summed E-state index contributed by atoms with van der Waals surface area (Å²) in [5.41, 5.74) is 2.52. The lowest BCUT2D eigenvalue weighted by atomic mass is 10.2. The molecular weight excluding hydrogens is 254 g/mol. The molecule has 0 aliphatic rings. The first-order valence-corrected chi connectivity index (χ1v) is 6.35. The van der Waals surface area contributed by atoms with Crippen LogP contribution in [0, 0.1) is 0 Å². The number of pyridine rings is 2. The largest absolute Gasteiger partial charge is 0.462 e. The van der Waals surface area contributed by atoms with Crippen LogP contribution < -0.4 is 0 Å². The summed E-state index contributed by atoms with van der Waals surface area (Å²) in [5, 5.41) is 0. The smallest absolute Gasteiger partial charge is 0.341 e. The quantitative estimate of drug-likeness (QED) is 0.684. The van der Waals surface area contributed by atoms with Gasteiger partial charge >= 0.3 is 5.97 Å². The Balaban J connectivity index is 2.30. The molecule has 0 radical (unpaired) electrons. The van der Waals surface area contributed by atoms with Gasteiger partial charge in [0.1, 0.15) is 11.1 Å². The zero-order chi connectivity index (χ0) is 13.9. The van der Waals surface area contributed by atoms with Crippen molar-refractivity contribution in [1.82, 2.24) is 14.5 Å². The van der Waals surface area contributed by atoms with E-state index in [1.165, 1.54) is 6.20 Å². The SMILES string of the molecule is CCOC(=O)c1cnc2cccnc2c1-n1cccc1. The van der Waals surface area contributed by atoms with Crippen LogP contribution in [0.15, 0.2) is 49.1 Å². The lowest BCUT2D eigenvalue weighted by Crippen LogP contribution is -2.11. The van der Waals surface area contributed by atoms with E-state index in [1.54, 1.807) is 13.1 Å². The molecule has 0 saturated heterocycles. The molecule has 0 saturated carbocycles. The van der Waals surface area contributed by atoms with Crippen LogP contribution in [0.5, 0.6) is 0 Å². The molecule has 0 atom stereocenters. The summed E-state index contributed by atoms with van der Waals surface area (Å²) in [7, 11) is 0. The van der Waals surface area contributed by atoms with Crippen LogP contribution in [-0.4, -0.2) is 27.1 Å². The van der Waals surface area contributed by atoms with E-state index in [2.05, 4.69) is 9.97 Å². The maximum atomic E-state index is 12.1. The third-order valence-electron chi connectivity index (χ3n) is 2.96. The number of rotatable bonds is 3. The van der Waals surface area contributed by atoms with Gasteiger partial charge in [0.2, 0.25) is 0 Å². The highest BCUT2D eigenvalue weighted by atomic mass is 16.5. The van der Waals surface area contributed by atoms with Crippen LogP contribution in [0.2, 0.25) is 0 Å². The first-order chi connectivity index (χ1) is 9.81. The number of ether oxygens (including phenoxy) is 1. The van der Waals surface area contributed by atoms with Crippen LogP contribution in [0.25, 0.3) is 16.7 Å². The zero-order valence-electron chi connectivity index (χ0n) is 11.0. The third kappa shape index (κ3) is 2.03. The van der Waals surface area contributed by atoms with E-state index in [0.717, 1.165) is 5.52 Å². The summed E-state index contributed by atoms with van der Waals surface area (Å²) in [5.74, 6) is -0.392. The molecule has 0 aliphatic carbocycles. The van der Waals surface area contributed by atoms with Gasteiger partial charge in [-0.2, -0.15) is 0 Å². The Morgan fingerprint density at radius 2 is 2.05 bits per heavy atom. The van der Waals surface area contributed by atoms with E-state index in [0.29, 0.717) is 23.4 Å². The Kier molecular flexibility index (Phi) is 3.16. The fourth-order valence-corrected chi connectivity index (χ4v) is 2.11. The van der Waals surface area contributed by atoms with Crippen molar-refractivity contribution in [2.24, 2.45) is 0 Å². The highest BCUT2D eigenvalue weighted by Gasteiger charge is 2.18. The predicted molar refractivity (Wildman–Crippen MR) is 74.8 cm³/mol. The number of fused-ring (bicyclic) bond motifs is 1. The fourth-order valence-electron chi connectivity index (χ4n) is 2.11. The van der Waals surface area contributed by atoms with Crippen molar-refractivity contribution in [3.63, 3.8) is 0 Å². The van der Waals surface area contributed by atoms with E-state index < -0.39 is 5.97 Å². The molecule has 0 aromatic carbocycles. The second kappa shape index (κ2) is 5.13. The Labute approximate surface area is 115 Å². The molecule has 0 amide bonds. The summed E-state index contributed by atoms with van der Waals surface area (Å²) in [6, 6.07) is 7.47. The minimum atomic E-state index is -0.392. The van der Waals surface area contributed by atoms with Crippen molar-refractivity contribution in [2.45, 2.75) is 6.92 Å². The number of aromatic nitrogens is 3. The molecule has 100 valence electrons. The second-order valence-corrected chi connectivity index (χ2v) is 4.20. The number of hydrogen-bond acceptors (Lipinski definition) is 4. The van der Waals surface area contributed by atoms with Crippen molar-refractivity contribution >= 4 is 17.0 Å². The van der Waals surface area contributed by atoms with E-state index in [4.69, 9.17) is 4.74 Å². The monoisotopic (exact) mass is 267 g/mol. The highest BCUT2D eigenvalue weighted by molar-refractivity contribution is 6.00. The van der Waals surface area contributed by atoms with Crippen molar-refractivity contribution in [3.05, 3.63) is 54.6 Å². The van der Waals surface area contributed by atoms with Crippen LogP contribution in [0.4, 0.5) is 0 Å². The molecule has 0 spiro atoms. The van der Waals surface area contributed by atoms with Crippen LogP contribution in [0.3, 0.4) is 0 Å². The van der Waals surface area contributed by atoms with Gasteiger partial charge in [-0.3, -0.25) is 9.97 Å². The average molecular weight is 267 g/mol. The molecule has 20 heavy (non-hydrogen) atoms. The van der Waals surface area contributed by atoms with Crippen molar-refractivity contribution in [1.29, 1.82) is 0 Å². The van der Waals surface area contributed by atoms with Gasteiger partial charge in [-0.1, -0.05) is 0 Å². The van der Waals surface area contributed by atoms with Gasteiger partial charge in [-0.05, 0) is 31.2 Å². The molecule has 0 N–H and O–H groups in total. The van der Waals surface area contributed by atoms with E-state index >= 15 is 0 Å². The van der Waals surface area contributed by atoms with Gasteiger partial charge in [0, 0.05) is 24.8 Å². The van der Waals surface area contributed by atoms with Crippen LogP contribution in [0.1, 0.15) is 17.3 Å². The number of hydrogen-bond donors (Lipinski definition) is 0. The zero-order valence-corrected chi connectivity index (χ0v) is 11.0. The minimum Gasteiger partial charge on any atom is -0.462 e. The molecule has 5 nitrogen and oxygen atoms in total. The van der Waals surface area contributed by atoms with Gasteiger partial charge in [0.25, 0.3) is 0 Å². The van der Waals surface area contributed by atoms with E-state index in [9.17, 15) is 4.79 Å². The first kappa shape index (κ1) is 12.3. The molecule has 5 heteroatoms. The summed E-state index contributed by atoms with van der Waals surface area (Å²) in [4.78, 5) is 20.7. The third-order valence-corrected chi connectivity index (χ3v) is 2.96. The summed E-state index contributed by atoms with van der Waals surface area (Å²) >= 11 is 0. The Hall–Kier alpha value is -2.69. The van der Waals surface area contributed by atoms with Gasteiger partial charge in [-0.15, -0.1) is 0 Å². The standard InChI is InChI=1S/C15H13N3O2/c1-2-20-15(19)11-10-17-12-6-5-7-16-13(12)14(11)18-8-3-4-9-18/h3-10H,2H2,1H3. The minimum absolute atomic E-state index is 0.324. The highest BCUT2D eigenvalue weighted by Crippen LogP contribution is 2.23. The number of carbonyl (C=O) groups excluding carboxylic acids is 1. The van der Waals surface area contributed by atoms with Gasteiger partial charge in [0.15, 0.2) is 0 Å². The lowest BCUT2D eigenvalue weighted by Gasteiger charge is -2.11. The number of esters is 1. The van der Waals surface area contributed by atoms with E-state index in [-0.39, 0.29) is 0 Å². The summed E-state index contributed by atoms with van der Waals surface area (Å²) < 4.78 is 6.95. The lowest BCUT2D eigenvalue weighted by molar-refractivity contribution is 0.0526. The second-order valence-electron chi connectivity index (χ2n) is 4.20. The van der Waals surface area contributed by atoms with Crippen molar-refractivity contribution < 1.29 is 9.53 Å². The molecule has 3 aromatic rings. The Morgan fingerprint density at radius 1 is 1.25 bits per heavy atom. The van der Waals surface area contributed by atoms with Crippen LogP contribution >= 0.6 is 0 Å². The molecule has 3 rings (SSSR count). The van der Waals surface area contributed by atoms with Crippen molar-refractivity contribution in [3.8, 4) is 5.69 Å². The first-order valence-electron chi connectivity index (χ1n) is 6.35. The Bertz CT molecular complexity index is 751. The topological polar surface area (TPSA) is 57.0 Å². The van der Waals surface area contributed by atoms with Crippen LogP contribution in [-0.2, 0) is 4.74 Å². The van der Waals surface area contributed by atoms with Gasteiger partial charge < -0.3 is 9.30 Å². The molecular formula is C15H13N3O2. The molecule has 0 fully saturated rings. The molecule has 3 aromatic heterocycles. The van der Waals surface area contributed by atoms with Crippen molar-refractivity contribution in [2.75, 3.05) is 6.61 Å². The van der Waals surface area contributed by atoms with E-state index in [1.807, 2.05) is 41.2 Å². The summed E-state index contributed by atoms with van der Waals surface area (Å²) in [6.45, 7) is 2.10. The normalized spacial score (nSPS) is 10.7. The maximum Gasteiger partial charge on any atom is 0.341 e. The summed E-state index contributed by atoms with van der Waals surface area (Å²) in [6.07, 6.45) is 6.96. The fraction of sp³-hybridized carbons (Fsp3) is 0.133.